The summed E-state index contributed by atoms with van der Waals surface area (Å²) in [6, 6.07) is 0. The monoisotopic (exact) mass is 439 g/mol. The molecular weight excluding hydrogens is 396 g/mol. The number of hydrogen-bond acceptors (Lipinski definition) is 7. The van der Waals surface area contributed by atoms with Crippen LogP contribution in [0.3, 0.4) is 0 Å². The van der Waals surface area contributed by atoms with Crippen LogP contribution in [-0.2, 0) is 14.3 Å². The minimum Gasteiger partial charge on any atom is -0.469 e. The van der Waals surface area contributed by atoms with Gasteiger partial charge in [-0.25, -0.2) is 4.48 Å². The molecule has 0 spiro atoms. The Morgan fingerprint density at radius 1 is 1.13 bits per heavy atom. The van der Waals surface area contributed by atoms with Crippen LogP contribution in [0.15, 0.2) is 0 Å². The Morgan fingerprint density at radius 2 is 1.77 bits per heavy atom. The van der Waals surface area contributed by atoms with Gasteiger partial charge in [0, 0.05) is 44.1 Å². The van der Waals surface area contributed by atoms with E-state index in [0.717, 1.165) is 78.2 Å². The summed E-state index contributed by atoms with van der Waals surface area (Å²) in [4.78, 5) is 31.3. The Morgan fingerprint density at radius 3 is 2.35 bits per heavy atom. The molecule has 2 atom stereocenters. The number of ether oxygens (including phenoxy) is 2. The highest BCUT2D eigenvalue weighted by molar-refractivity contribution is 5.69. The number of nitrogens with zero attached hydrogens (tertiary/aromatic N) is 4. The van der Waals surface area contributed by atoms with Crippen LogP contribution in [0, 0.1) is 5.92 Å². The van der Waals surface area contributed by atoms with Gasteiger partial charge in [-0.15, -0.1) is 0 Å². The van der Waals surface area contributed by atoms with E-state index in [4.69, 9.17) is 9.47 Å². The summed E-state index contributed by atoms with van der Waals surface area (Å²) in [5.41, 5.74) is 0.225. The van der Waals surface area contributed by atoms with Gasteiger partial charge in [0.2, 0.25) is 6.23 Å². The van der Waals surface area contributed by atoms with Gasteiger partial charge in [-0.2, -0.15) is 4.79 Å². The zero-order chi connectivity index (χ0) is 22.6. The second kappa shape index (κ2) is 10.1. The quantitative estimate of drug-likeness (QED) is 0.444. The van der Waals surface area contributed by atoms with Crippen molar-refractivity contribution in [3.63, 3.8) is 0 Å². The summed E-state index contributed by atoms with van der Waals surface area (Å²) in [5.74, 6) is 0.444. The van der Waals surface area contributed by atoms with Gasteiger partial charge in [-0.05, 0) is 59.7 Å². The summed E-state index contributed by atoms with van der Waals surface area (Å²) >= 11 is 0. The Balaban J connectivity index is 1.42. The van der Waals surface area contributed by atoms with Crippen molar-refractivity contribution in [2.45, 2.75) is 58.2 Å². The maximum atomic E-state index is 12.8. The number of piperidine rings is 1. The topological polar surface area (TPSA) is 62.3 Å². The fourth-order valence-corrected chi connectivity index (χ4v) is 5.22. The van der Waals surface area contributed by atoms with Gasteiger partial charge in [0.05, 0.1) is 20.7 Å². The largest absolute Gasteiger partial charge is 0.517 e. The van der Waals surface area contributed by atoms with Gasteiger partial charge in [0.1, 0.15) is 6.54 Å². The molecule has 8 heteroatoms. The third-order valence-corrected chi connectivity index (χ3v) is 7.36. The summed E-state index contributed by atoms with van der Waals surface area (Å²) in [6.07, 6.45) is 3.45. The highest BCUT2D eigenvalue weighted by Crippen LogP contribution is 2.29. The predicted molar refractivity (Wildman–Crippen MR) is 120 cm³/mol. The van der Waals surface area contributed by atoms with Crippen molar-refractivity contribution in [2.24, 2.45) is 5.92 Å². The summed E-state index contributed by atoms with van der Waals surface area (Å²) in [7, 11) is 3.49. The standard InChI is InChI=1S/C23H43N4O4/c1-23(2,3)26-11-8-19(9-12-26)17-27(4)18-20(31-22(27)29)25-15-13-24(14-16-25)10-6-7-21(28)30-5/h19-20H,6-18H2,1-5H3/q+1. The predicted octanol–water partition coefficient (Wildman–Crippen LogP) is 1.99. The Hall–Kier alpha value is -1.22. The lowest BCUT2D eigenvalue weighted by molar-refractivity contribution is -0.828. The number of piperazine rings is 1. The third kappa shape index (κ3) is 6.40. The molecule has 1 amide bonds. The van der Waals surface area contributed by atoms with E-state index in [1.54, 1.807) is 0 Å². The van der Waals surface area contributed by atoms with Crippen molar-refractivity contribution in [3.05, 3.63) is 0 Å². The zero-order valence-electron chi connectivity index (χ0n) is 20.3. The minimum absolute atomic E-state index is 0.0660. The molecule has 0 bridgehead atoms. The molecular formula is C23H43N4O4+. The van der Waals surface area contributed by atoms with Crippen LogP contribution < -0.4 is 0 Å². The van der Waals surface area contributed by atoms with E-state index in [9.17, 15) is 9.59 Å². The lowest BCUT2D eigenvalue weighted by Gasteiger charge is -2.41. The van der Waals surface area contributed by atoms with Gasteiger partial charge >= 0.3 is 12.1 Å². The van der Waals surface area contributed by atoms with Crippen molar-refractivity contribution in [1.29, 1.82) is 0 Å². The molecule has 0 N–H and O–H groups in total. The zero-order valence-corrected chi connectivity index (χ0v) is 20.3. The maximum absolute atomic E-state index is 12.8. The number of carbonyl (C=O) groups is 2. The number of amides is 1. The van der Waals surface area contributed by atoms with E-state index in [0.29, 0.717) is 16.8 Å². The van der Waals surface area contributed by atoms with Crippen LogP contribution in [0.4, 0.5) is 4.79 Å². The first-order valence-electron chi connectivity index (χ1n) is 11.9. The van der Waals surface area contributed by atoms with E-state index >= 15 is 0 Å². The molecule has 0 aliphatic carbocycles. The van der Waals surface area contributed by atoms with Gasteiger partial charge < -0.3 is 14.4 Å². The smallest absolute Gasteiger partial charge is 0.469 e. The molecule has 0 aromatic rings. The van der Waals surface area contributed by atoms with Crippen LogP contribution in [0.5, 0.6) is 0 Å². The number of likely N-dealkylation sites (tertiary alicyclic amines) is 1. The number of methoxy groups -OCH3 is 1. The van der Waals surface area contributed by atoms with Crippen molar-refractivity contribution in [2.75, 3.05) is 73.1 Å². The first-order valence-corrected chi connectivity index (χ1v) is 11.9. The van der Waals surface area contributed by atoms with Crippen molar-refractivity contribution in [1.82, 2.24) is 14.7 Å². The first kappa shape index (κ1) is 24.4. The molecule has 8 nitrogen and oxygen atoms in total. The number of hydrogen-bond donors (Lipinski definition) is 0. The molecule has 3 fully saturated rings. The van der Waals surface area contributed by atoms with E-state index in [2.05, 4.69) is 42.5 Å². The number of esters is 1. The Bertz CT molecular complexity index is 622. The van der Waals surface area contributed by atoms with Gasteiger partial charge in [-0.1, -0.05) is 0 Å². The maximum Gasteiger partial charge on any atom is 0.517 e. The third-order valence-electron chi connectivity index (χ3n) is 7.36. The summed E-state index contributed by atoms with van der Waals surface area (Å²) in [5, 5.41) is 0. The van der Waals surface area contributed by atoms with Crippen LogP contribution in [0.1, 0.15) is 46.5 Å². The molecule has 178 valence electrons. The fraction of sp³-hybridized carbons (Fsp3) is 0.913. The number of carbonyl (C=O) groups excluding carboxylic acids is 2. The molecule has 3 aliphatic heterocycles. The van der Waals surface area contributed by atoms with E-state index < -0.39 is 0 Å². The van der Waals surface area contributed by atoms with Crippen molar-refractivity contribution in [3.8, 4) is 0 Å². The second-order valence-electron chi connectivity index (χ2n) is 10.8. The number of likely N-dealkylation sites (N-methyl/N-ethyl adjacent to an activating group) is 1. The molecule has 3 saturated heterocycles. The van der Waals surface area contributed by atoms with Crippen LogP contribution in [0.25, 0.3) is 0 Å². The SMILES string of the molecule is COC(=O)CCCN1CCN(C2C[N+](C)(CC3CCN(C(C)(C)C)CC3)C(=O)O2)CC1. The molecule has 3 heterocycles. The second-order valence-corrected chi connectivity index (χ2v) is 10.8. The molecule has 3 rings (SSSR count). The molecule has 0 aromatic carbocycles. The first-order chi connectivity index (χ1) is 14.6. The molecule has 0 saturated carbocycles. The van der Waals surface area contributed by atoms with Gasteiger partial charge in [0.25, 0.3) is 0 Å². The van der Waals surface area contributed by atoms with Crippen molar-refractivity contribution < 1.29 is 23.5 Å². The molecule has 3 aliphatic rings. The molecule has 0 radical (unpaired) electrons. The minimum atomic E-state index is -0.141. The Labute approximate surface area is 188 Å². The highest BCUT2D eigenvalue weighted by Gasteiger charge is 2.49. The molecule has 31 heavy (non-hydrogen) atoms. The number of cyclic esters (lactones) is 1. The highest BCUT2D eigenvalue weighted by atomic mass is 16.6. The van der Waals surface area contributed by atoms with E-state index in [1.807, 2.05) is 0 Å². The van der Waals surface area contributed by atoms with Gasteiger partial charge in [-0.3, -0.25) is 14.6 Å². The lowest BCUT2D eigenvalue weighted by Crippen LogP contribution is -2.54. The molecule has 0 aromatic heterocycles. The molecule has 2 unspecified atom stereocenters. The van der Waals surface area contributed by atoms with Crippen LogP contribution >= 0.6 is 0 Å². The Kier molecular flexibility index (Phi) is 8.00. The van der Waals surface area contributed by atoms with Crippen molar-refractivity contribution >= 4 is 12.1 Å². The number of rotatable bonds is 7. The average molecular weight is 440 g/mol. The average Bonchev–Trinajstić information content (AvgIpc) is 3.02. The van der Waals surface area contributed by atoms with Crippen LogP contribution in [-0.4, -0.2) is 116 Å². The summed E-state index contributed by atoms with van der Waals surface area (Å²) in [6.45, 7) is 15.3. The lowest BCUT2D eigenvalue weighted by atomic mass is 9.92. The fourth-order valence-electron chi connectivity index (χ4n) is 5.22. The van der Waals surface area contributed by atoms with Crippen LogP contribution in [0.2, 0.25) is 0 Å². The normalized spacial score (nSPS) is 29.8. The summed E-state index contributed by atoms with van der Waals surface area (Å²) < 4.78 is 11.0. The van der Waals surface area contributed by atoms with E-state index in [-0.39, 0.29) is 23.8 Å². The van der Waals surface area contributed by atoms with Gasteiger partial charge in [0.15, 0.2) is 0 Å². The van der Waals surface area contributed by atoms with E-state index in [1.165, 1.54) is 7.11 Å². The number of quaternary nitrogens is 1.